The van der Waals surface area contributed by atoms with Gasteiger partial charge < -0.3 is 20.5 Å². The second-order valence-electron chi connectivity index (χ2n) is 4.99. The van der Waals surface area contributed by atoms with Crippen LogP contribution in [0.4, 0.5) is 11.4 Å². The second-order valence-corrected chi connectivity index (χ2v) is 4.99. The van der Waals surface area contributed by atoms with E-state index in [1.54, 1.807) is 25.3 Å². The van der Waals surface area contributed by atoms with E-state index in [-0.39, 0.29) is 5.91 Å². The molecule has 2 aromatic carbocycles. The highest BCUT2D eigenvalue weighted by Crippen LogP contribution is 2.28. The summed E-state index contributed by atoms with van der Waals surface area (Å²) < 4.78 is 10.4. The highest BCUT2D eigenvalue weighted by molar-refractivity contribution is 6.07. The summed E-state index contributed by atoms with van der Waals surface area (Å²) in [7, 11) is 3.08. The molecule has 2 aromatic rings. The molecule has 5 nitrogen and oxygen atoms in total. The maximum absolute atomic E-state index is 12.5. The van der Waals surface area contributed by atoms with Gasteiger partial charge in [-0.05, 0) is 43.2 Å². The average Bonchev–Trinajstić information content (AvgIpc) is 2.54. The summed E-state index contributed by atoms with van der Waals surface area (Å²) in [6.45, 7) is 3.80. The number of aryl methyl sites for hydroxylation is 1. The van der Waals surface area contributed by atoms with Gasteiger partial charge in [-0.25, -0.2) is 0 Å². The van der Waals surface area contributed by atoms with Crippen LogP contribution in [-0.4, -0.2) is 20.1 Å². The number of carbonyl (C=O) groups excluding carboxylic acids is 1. The molecule has 22 heavy (non-hydrogen) atoms. The molecular weight excluding hydrogens is 280 g/mol. The molecule has 0 aliphatic carbocycles. The number of nitrogen functional groups attached to an aromatic ring is 1. The van der Waals surface area contributed by atoms with Gasteiger partial charge in [-0.15, -0.1) is 0 Å². The Bertz CT molecular complexity index is 711. The fourth-order valence-electron chi connectivity index (χ4n) is 2.22. The summed E-state index contributed by atoms with van der Waals surface area (Å²) in [4.78, 5) is 12.5. The maximum atomic E-state index is 12.5. The van der Waals surface area contributed by atoms with Crippen molar-refractivity contribution < 1.29 is 14.3 Å². The van der Waals surface area contributed by atoms with Crippen molar-refractivity contribution in [3.05, 3.63) is 47.0 Å². The molecular formula is C17H20N2O3. The lowest BCUT2D eigenvalue weighted by Crippen LogP contribution is -2.15. The summed E-state index contributed by atoms with van der Waals surface area (Å²) in [5.74, 6) is 0.831. The molecule has 2 rings (SSSR count). The molecule has 0 aliphatic rings. The number of rotatable bonds is 4. The van der Waals surface area contributed by atoms with Crippen LogP contribution in [0, 0.1) is 13.8 Å². The van der Waals surface area contributed by atoms with Crippen molar-refractivity contribution in [1.29, 1.82) is 0 Å². The molecule has 0 saturated carbocycles. The zero-order chi connectivity index (χ0) is 16.3. The average molecular weight is 300 g/mol. The van der Waals surface area contributed by atoms with Crippen molar-refractivity contribution in [1.82, 2.24) is 0 Å². The molecule has 5 heteroatoms. The van der Waals surface area contributed by atoms with Gasteiger partial charge in [-0.2, -0.15) is 0 Å². The number of anilines is 2. The normalized spacial score (nSPS) is 10.2. The number of amides is 1. The van der Waals surface area contributed by atoms with Gasteiger partial charge >= 0.3 is 0 Å². The van der Waals surface area contributed by atoms with Crippen LogP contribution in [0.2, 0.25) is 0 Å². The Morgan fingerprint density at radius 1 is 1.09 bits per heavy atom. The Hall–Kier alpha value is -2.69. The highest BCUT2D eigenvalue weighted by Gasteiger charge is 2.16. The molecule has 116 valence electrons. The lowest BCUT2D eigenvalue weighted by atomic mass is 10.1. The smallest absolute Gasteiger partial charge is 0.259 e. The first-order valence-electron chi connectivity index (χ1n) is 6.87. The Morgan fingerprint density at radius 2 is 1.82 bits per heavy atom. The Kier molecular flexibility index (Phi) is 4.56. The van der Waals surface area contributed by atoms with E-state index < -0.39 is 0 Å². The molecule has 0 bridgehead atoms. The monoisotopic (exact) mass is 300 g/mol. The van der Waals surface area contributed by atoms with Gasteiger partial charge in [0.05, 0.1) is 19.8 Å². The summed E-state index contributed by atoms with van der Waals surface area (Å²) in [5, 5.41) is 2.91. The van der Waals surface area contributed by atoms with Crippen LogP contribution in [0.15, 0.2) is 30.3 Å². The van der Waals surface area contributed by atoms with E-state index in [1.165, 1.54) is 7.11 Å². The first kappa shape index (κ1) is 15.7. The fourth-order valence-corrected chi connectivity index (χ4v) is 2.22. The second kappa shape index (κ2) is 6.39. The van der Waals surface area contributed by atoms with Gasteiger partial charge in [0.1, 0.15) is 11.5 Å². The largest absolute Gasteiger partial charge is 0.497 e. The van der Waals surface area contributed by atoms with Gasteiger partial charge in [0.15, 0.2) is 0 Å². The number of hydrogen-bond donors (Lipinski definition) is 2. The van der Waals surface area contributed by atoms with Crippen molar-refractivity contribution in [3.63, 3.8) is 0 Å². The van der Waals surface area contributed by atoms with E-state index in [2.05, 4.69) is 5.32 Å². The van der Waals surface area contributed by atoms with E-state index in [1.807, 2.05) is 26.0 Å². The third kappa shape index (κ3) is 2.98. The van der Waals surface area contributed by atoms with Crippen LogP contribution in [0.1, 0.15) is 21.5 Å². The van der Waals surface area contributed by atoms with E-state index in [0.29, 0.717) is 22.7 Å². The van der Waals surface area contributed by atoms with E-state index in [4.69, 9.17) is 15.2 Å². The molecule has 0 spiro atoms. The standard InChI is InChI=1S/C17H20N2O3/c1-10-5-8-14(18)11(2)16(10)19-17(20)13-7-6-12(21-3)9-15(13)22-4/h5-9H,18H2,1-4H3,(H,19,20). The van der Waals surface area contributed by atoms with Crippen LogP contribution in [0.5, 0.6) is 11.5 Å². The highest BCUT2D eigenvalue weighted by atomic mass is 16.5. The predicted octanol–water partition coefficient (Wildman–Crippen LogP) is 3.16. The van der Waals surface area contributed by atoms with Gasteiger partial charge in [-0.1, -0.05) is 6.07 Å². The Morgan fingerprint density at radius 3 is 2.45 bits per heavy atom. The molecule has 0 atom stereocenters. The van der Waals surface area contributed by atoms with Crippen LogP contribution in [0.3, 0.4) is 0 Å². The third-order valence-electron chi connectivity index (χ3n) is 3.61. The first-order chi connectivity index (χ1) is 10.5. The van der Waals surface area contributed by atoms with Gasteiger partial charge in [-0.3, -0.25) is 4.79 Å². The van der Waals surface area contributed by atoms with Crippen molar-refractivity contribution >= 4 is 17.3 Å². The molecule has 1 amide bonds. The summed E-state index contributed by atoms with van der Waals surface area (Å²) in [6.07, 6.45) is 0. The van der Waals surface area contributed by atoms with Crippen molar-refractivity contribution in [2.24, 2.45) is 0 Å². The molecule has 0 fully saturated rings. The zero-order valence-corrected chi connectivity index (χ0v) is 13.2. The maximum Gasteiger partial charge on any atom is 0.259 e. The van der Waals surface area contributed by atoms with E-state index >= 15 is 0 Å². The zero-order valence-electron chi connectivity index (χ0n) is 13.2. The number of hydrogen-bond acceptors (Lipinski definition) is 4. The van der Waals surface area contributed by atoms with Crippen LogP contribution in [-0.2, 0) is 0 Å². The van der Waals surface area contributed by atoms with Crippen molar-refractivity contribution in [3.8, 4) is 11.5 Å². The fraction of sp³-hybridized carbons (Fsp3) is 0.235. The van der Waals surface area contributed by atoms with E-state index in [9.17, 15) is 4.79 Å². The van der Waals surface area contributed by atoms with Gasteiger partial charge in [0, 0.05) is 17.4 Å². The Labute approximate surface area is 130 Å². The molecule has 0 unspecified atom stereocenters. The van der Waals surface area contributed by atoms with Gasteiger partial charge in [0.2, 0.25) is 0 Å². The number of carbonyl (C=O) groups is 1. The molecule has 0 radical (unpaired) electrons. The SMILES string of the molecule is COc1ccc(C(=O)Nc2c(C)ccc(N)c2C)c(OC)c1. The number of nitrogens with one attached hydrogen (secondary N) is 1. The number of benzene rings is 2. The molecule has 0 aliphatic heterocycles. The van der Waals surface area contributed by atoms with Crippen LogP contribution >= 0.6 is 0 Å². The minimum atomic E-state index is -0.253. The lowest BCUT2D eigenvalue weighted by molar-refractivity contribution is 0.102. The summed E-state index contributed by atoms with van der Waals surface area (Å²) in [5.41, 5.74) is 9.51. The molecule has 3 N–H and O–H groups in total. The predicted molar refractivity (Wildman–Crippen MR) is 87.8 cm³/mol. The summed E-state index contributed by atoms with van der Waals surface area (Å²) >= 11 is 0. The number of methoxy groups -OCH3 is 2. The number of nitrogens with two attached hydrogens (primary N) is 1. The topological polar surface area (TPSA) is 73.6 Å². The minimum Gasteiger partial charge on any atom is -0.497 e. The number of ether oxygens (including phenoxy) is 2. The third-order valence-corrected chi connectivity index (χ3v) is 3.61. The van der Waals surface area contributed by atoms with Crippen molar-refractivity contribution in [2.75, 3.05) is 25.3 Å². The molecule has 0 heterocycles. The lowest BCUT2D eigenvalue weighted by Gasteiger charge is -2.15. The minimum absolute atomic E-state index is 0.253. The van der Waals surface area contributed by atoms with Gasteiger partial charge in [0.25, 0.3) is 5.91 Å². The first-order valence-corrected chi connectivity index (χ1v) is 6.87. The quantitative estimate of drug-likeness (QED) is 0.851. The molecule has 0 aromatic heterocycles. The van der Waals surface area contributed by atoms with Crippen LogP contribution < -0.4 is 20.5 Å². The summed E-state index contributed by atoms with van der Waals surface area (Å²) in [6, 6.07) is 8.77. The molecule has 0 saturated heterocycles. The van der Waals surface area contributed by atoms with Crippen molar-refractivity contribution in [2.45, 2.75) is 13.8 Å². The Balaban J connectivity index is 2.36. The van der Waals surface area contributed by atoms with E-state index in [0.717, 1.165) is 16.8 Å². The van der Waals surface area contributed by atoms with Crippen LogP contribution in [0.25, 0.3) is 0 Å².